The molecular weight excluding hydrogens is 509 g/mol. The molecule has 2 aliphatic rings. The highest BCUT2D eigenvalue weighted by atomic mass is 127. The minimum absolute atomic E-state index is 0. The van der Waals surface area contributed by atoms with Crippen LogP contribution in [0.1, 0.15) is 58.7 Å². The Kier molecular flexibility index (Phi) is 9.98. The number of hydrogen-bond donors (Lipinski definition) is 1. The Morgan fingerprint density at radius 2 is 1.74 bits per heavy atom. The van der Waals surface area contributed by atoms with Gasteiger partial charge in [-0.3, -0.25) is 9.69 Å². The summed E-state index contributed by atoms with van der Waals surface area (Å²) in [5.74, 6) is 2.36. The van der Waals surface area contributed by atoms with E-state index in [1.54, 1.807) is 0 Å². The van der Waals surface area contributed by atoms with Crippen LogP contribution in [0.5, 0.6) is 0 Å². The number of likely N-dealkylation sites (tertiary alicyclic amines) is 1. The van der Waals surface area contributed by atoms with Gasteiger partial charge in [0.2, 0.25) is 11.8 Å². The van der Waals surface area contributed by atoms with Crippen molar-refractivity contribution in [3.05, 3.63) is 11.7 Å². The van der Waals surface area contributed by atoms with Crippen LogP contribution in [0.4, 0.5) is 0 Å². The van der Waals surface area contributed by atoms with Crippen LogP contribution in [0.2, 0.25) is 0 Å². The molecule has 2 fully saturated rings. The van der Waals surface area contributed by atoms with E-state index in [-0.39, 0.29) is 35.3 Å². The molecule has 1 N–H and O–H groups in total. The second kappa shape index (κ2) is 12.0. The van der Waals surface area contributed by atoms with Gasteiger partial charge in [0.15, 0.2) is 11.8 Å². The number of aromatic nitrogens is 2. The van der Waals surface area contributed by atoms with E-state index in [2.05, 4.69) is 32.2 Å². The maximum atomic E-state index is 12.5. The Morgan fingerprint density at radius 3 is 2.32 bits per heavy atom. The lowest BCUT2D eigenvalue weighted by molar-refractivity contribution is -0.133. The number of hydrogen-bond acceptors (Lipinski definition) is 6. The number of carbonyl (C=O) groups excluding carboxylic acids is 1. The van der Waals surface area contributed by atoms with Crippen LogP contribution in [-0.4, -0.2) is 89.1 Å². The summed E-state index contributed by atoms with van der Waals surface area (Å²) in [6.45, 7) is 15.2. The van der Waals surface area contributed by atoms with Crippen LogP contribution >= 0.6 is 24.0 Å². The summed E-state index contributed by atoms with van der Waals surface area (Å²) in [5, 5.41) is 7.42. The molecule has 2 saturated heterocycles. The van der Waals surface area contributed by atoms with Gasteiger partial charge in [0.1, 0.15) is 6.54 Å². The van der Waals surface area contributed by atoms with E-state index in [9.17, 15) is 4.79 Å². The van der Waals surface area contributed by atoms with E-state index in [0.29, 0.717) is 24.8 Å². The molecule has 0 saturated carbocycles. The third kappa shape index (κ3) is 7.58. The second-order valence-electron chi connectivity index (χ2n) is 9.14. The normalized spacial score (nSPS) is 18.6. The van der Waals surface area contributed by atoms with Gasteiger partial charge < -0.3 is 19.6 Å². The van der Waals surface area contributed by atoms with Gasteiger partial charge >= 0.3 is 0 Å². The summed E-state index contributed by atoms with van der Waals surface area (Å²) in [5.41, 5.74) is -0.165. The lowest BCUT2D eigenvalue weighted by Crippen LogP contribution is -2.54. The van der Waals surface area contributed by atoms with Gasteiger partial charge in [0, 0.05) is 51.2 Å². The molecule has 176 valence electrons. The molecule has 0 spiro atoms. The molecule has 0 bridgehead atoms. The minimum atomic E-state index is -0.165. The Hall–Kier alpha value is -1.43. The van der Waals surface area contributed by atoms with Crippen molar-refractivity contribution >= 4 is 35.8 Å². The number of guanidine groups is 1. The Balaban J connectivity index is 0.00000341. The van der Waals surface area contributed by atoms with E-state index in [1.165, 1.54) is 6.42 Å². The third-order valence-electron chi connectivity index (χ3n) is 5.55. The Labute approximate surface area is 203 Å². The zero-order valence-corrected chi connectivity index (χ0v) is 21.7. The van der Waals surface area contributed by atoms with E-state index < -0.39 is 0 Å². The highest BCUT2D eigenvalue weighted by Gasteiger charge is 2.25. The highest BCUT2D eigenvalue weighted by Crippen LogP contribution is 2.19. The first-order chi connectivity index (χ1) is 14.4. The first kappa shape index (κ1) is 25.8. The number of nitrogens with one attached hydrogen (secondary N) is 1. The summed E-state index contributed by atoms with van der Waals surface area (Å²) < 4.78 is 5.36. The molecule has 0 aromatic carbocycles. The molecule has 10 heteroatoms. The summed E-state index contributed by atoms with van der Waals surface area (Å²) in [4.78, 5) is 28.2. The smallest absolute Gasteiger partial charge is 0.236 e. The van der Waals surface area contributed by atoms with Gasteiger partial charge in [-0.1, -0.05) is 25.9 Å². The molecule has 1 amide bonds. The highest BCUT2D eigenvalue weighted by molar-refractivity contribution is 14.0. The molecule has 1 aromatic heterocycles. The molecule has 9 nitrogen and oxygen atoms in total. The number of piperidine rings is 1. The average Bonchev–Trinajstić information content (AvgIpc) is 3.22. The van der Waals surface area contributed by atoms with Gasteiger partial charge in [-0.05, 0) is 26.2 Å². The summed E-state index contributed by atoms with van der Waals surface area (Å²) in [6.07, 6.45) is 3.52. The fourth-order valence-corrected chi connectivity index (χ4v) is 3.75. The Morgan fingerprint density at radius 1 is 1.06 bits per heavy atom. The first-order valence-electron chi connectivity index (χ1n) is 11.2. The van der Waals surface area contributed by atoms with Gasteiger partial charge in [-0.15, -0.1) is 24.0 Å². The molecule has 3 rings (SSSR count). The number of nitrogens with zero attached hydrogens (tertiary/aromatic N) is 6. The molecule has 3 heterocycles. The summed E-state index contributed by atoms with van der Waals surface area (Å²) in [6, 6.07) is 0. The van der Waals surface area contributed by atoms with Crippen molar-refractivity contribution < 1.29 is 9.32 Å². The maximum Gasteiger partial charge on any atom is 0.236 e. The van der Waals surface area contributed by atoms with Gasteiger partial charge in [0.05, 0.1) is 6.54 Å². The van der Waals surface area contributed by atoms with Crippen LogP contribution in [0.15, 0.2) is 9.52 Å². The largest absolute Gasteiger partial charge is 0.357 e. The van der Waals surface area contributed by atoms with Crippen LogP contribution in [-0.2, 0) is 16.8 Å². The predicted molar refractivity (Wildman–Crippen MR) is 132 cm³/mol. The summed E-state index contributed by atoms with van der Waals surface area (Å²) >= 11 is 0. The SMILES string of the molecule is CCNC(=NCc1noc(C(C)(C)C)n1)N1CCN(CC(=O)N2CCCCC2)CC1.I. The quantitative estimate of drug-likeness (QED) is 0.343. The second-order valence-corrected chi connectivity index (χ2v) is 9.14. The monoisotopic (exact) mass is 547 g/mol. The molecule has 31 heavy (non-hydrogen) atoms. The molecule has 0 aliphatic carbocycles. The van der Waals surface area contributed by atoms with E-state index in [0.717, 1.165) is 64.6 Å². The van der Waals surface area contributed by atoms with Gasteiger partial charge in [0.25, 0.3) is 0 Å². The first-order valence-corrected chi connectivity index (χ1v) is 11.2. The van der Waals surface area contributed by atoms with Crippen LogP contribution in [0, 0.1) is 0 Å². The zero-order valence-electron chi connectivity index (χ0n) is 19.4. The van der Waals surface area contributed by atoms with Crippen LogP contribution < -0.4 is 5.32 Å². The molecule has 0 atom stereocenters. The molecule has 0 radical (unpaired) electrons. The van der Waals surface area contributed by atoms with Crippen molar-refractivity contribution in [2.24, 2.45) is 4.99 Å². The number of aliphatic imine (C=N–C) groups is 1. The topological polar surface area (TPSA) is 90.1 Å². The van der Waals surface area contributed by atoms with Crippen molar-refractivity contribution in [3.8, 4) is 0 Å². The van der Waals surface area contributed by atoms with Crippen molar-refractivity contribution in [1.82, 2.24) is 30.2 Å². The van der Waals surface area contributed by atoms with Crippen LogP contribution in [0.3, 0.4) is 0 Å². The van der Waals surface area contributed by atoms with Gasteiger partial charge in [-0.25, -0.2) is 4.99 Å². The van der Waals surface area contributed by atoms with Crippen molar-refractivity contribution in [2.75, 3.05) is 52.4 Å². The Bertz CT molecular complexity index is 718. The van der Waals surface area contributed by atoms with Crippen molar-refractivity contribution in [1.29, 1.82) is 0 Å². The lowest BCUT2D eigenvalue weighted by atomic mass is 9.97. The number of carbonyl (C=O) groups is 1. The van der Waals surface area contributed by atoms with Crippen molar-refractivity contribution in [2.45, 2.75) is 58.9 Å². The molecule has 0 unspecified atom stereocenters. The van der Waals surface area contributed by atoms with Gasteiger partial charge in [-0.2, -0.15) is 4.98 Å². The minimum Gasteiger partial charge on any atom is -0.357 e. The zero-order chi connectivity index (χ0) is 21.6. The number of piperazine rings is 1. The lowest BCUT2D eigenvalue weighted by Gasteiger charge is -2.37. The van der Waals surface area contributed by atoms with E-state index in [1.807, 2.05) is 25.7 Å². The van der Waals surface area contributed by atoms with Crippen molar-refractivity contribution in [3.63, 3.8) is 0 Å². The predicted octanol–water partition coefficient (Wildman–Crippen LogP) is 2.08. The fourth-order valence-electron chi connectivity index (χ4n) is 3.75. The number of halogens is 1. The molecule has 1 aromatic rings. The third-order valence-corrected chi connectivity index (χ3v) is 5.55. The summed E-state index contributed by atoms with van der Waals surface area (Å²) in [7, 11) is 0. The van der Waals surface area contributed by atoms with Crippen LogP contribution in [0.25, 0.3) is 0 Å². The molecular formula is C21H38IN7O2. The van der Waals surface area contributed by atoms with E-state index in [4.69, 9.17) is 9.52 Å². The molecule has 2 aliphatic heterocycles. The number of amides is 1. The maximum absolute atomic E-state index is 12.5. The standard InChI is InChI=1S/C21H37N7O2.HI/c1-5-22-20(23-15-17-24-19(30-25-17)21(2,3)4)28-13-11-26(12-14-28)16-18(29)27-9-7-6-8-10-27;/h5-16H2,1-4H3,(H,22,23);1H. The average molecular weight is 547 g/mol. The van der Waals surface area contributed by atoms with E-state index >= 15 is 0 Å². The number of rotatable bonds is 5. The fraction of sp³-hybridized carbons (Fsp3) is 0.810.